The molecule has 0 aliphatic carbocycles. The van der Waals surface area contributed by atoms with Crippen molar-refractivity contribution in [3.05, 3.63) is 63.5 Å². The first-order chi connectivity index (χ1) is 14.1. The van der Waals surface area contributed by atoms with Crippen LogP contribution in [0.25, 0.3) is 0 Å². The van der Waals surface area contributed by atoms with Crippen molar-refractivity contribution >= 4 is 40.6 Å². The van der Waals surface area contributed by atoms with Gasteiger partial charge in [0.05, 0.1) is 5.57 Å². The number of thiophene rings is 1. The molecule has 0 radical (unpaired) electrons. The third kappa shape index (κ3) is 3.95. The molecular weight excluding hydrogens is 402 g/mol. The second-order valence-corrected chi connectivity index (χ2v) is 8.90. The number of nitrogens with zero attached hydrogens (tertiary/aromatic N) is 3. The molecule has 2 N–H and O–H groups in total. The number of aromatic nitrogens is 3. The van der Waals surface area contributed by atoms with Gasteiger partial charge in [-0.25, -0.2) is 4.68 Å². The summed E-state index contributed by atoms with van der Waals surface area (Å²) in [5.74, 6) is 1.50. The predicted octanol–water partition coefficient (Wildman–Crippen LogP) is 5.08. The first kappa shape index (κ1) is 19.7. The largest absolute Gasteiger partial charge is 0.328 e. The maximum atomic E-state index is 13.4. The van der Waals surface area contributed by atoms with Gasteiger partial charge in [0.1, 0.15) is 6.04 Å². The van der Waals surface area contributed by atoms with E-state index in [1.54, 1.807) is 23.1 Å². The molecule has 6 nitrogen and oxygen atoms in total. The Balaban J connectivity index is 1.72. The van der Waals surface area contributed by atoms with Gasteiger partial charge in [-0.15, -0.1) is 16.4 Å². The van der Waals surface area contributed by atoms with Gasteiger partial charge in [-0.1, -0.05) is 43.0 Å². The van der Waals surface area contributed by atoms with Crippen LogP contribution in [0.15, 0.2) is 58.2 Å². The summed E-state index contributed by atoms with van der Waals surface area (Å²) in [5.41, 5.74) is 3.28. The number of aryl methyl sites for hydroxylation is 1. The molecule has 0 fully saturated rings. The summed E-state index contributed by atoms with van der Waals surface area (Å²) in [4.78, 5) is 19.0. The van der Waals surface area contributed by atoms with Crippen molar-refractivity contribution in [1.29, 1.82) is 0 Å². The molecule has 1 aliphatic rings. The van der Waals surface area contributed by atoms with E-state index in [9.17, 15) is 4.79 Å². The first-order valence-corrected chi connectivity index (χ1v) is 11.4. The van der Waals surface area contributed by atoms with Gasteiger partial charge in [0.2, 0.25) is 11.1 Å². The lowest BCUT2D eigenvalue weighted by atomic mass is 10.0. The molecule has 0 spiro atoms. The Kier molecular flexibility index (Phi) is 5.73. The zero-order valence-electron chi connectivity index (χ0n) is 16.6. The van der Waals surface area contributed by atoms with E-state index in [2.05, 4.69) is 22.5 Å². The molecule has 4 rings (SSSR count). The molecule has 1 aliphatic heterocycles. The van der Waals surface area contributed by atoms with E-state index in [-0.39, 0.29) is 11.9 Å². The summed E-state index contributed by atoms with van der Waals surface area (Å²) in [6.45, 7) is 6.04. The minimum Gasteiger partial charge on any atom is -0.328 e. The number of carbonyl (C=O) groups excluding carboxylic acids is 1. The highest BCUT2D eigenvalue weighted by Gasteiger charge is 2.35. The minimum absolute atomic E-state index is 0.133. The molecule has 1 aromatic carbocycles. The van der Waals surface area contributed by atoms with Crippen LogP contribution in [0.5, 0.6) is 0 Å². The van der Waals surface area contributed by atoms with E-state index in [4.69, 9.17) is 5.10 Å². The van der Waals surface area contributed by atoms with Crippen LogP contribution in [0.3, 0.4) is 0 Å². The highest BCUT2D eigenvalue weighted by atomic mass is 32.2. The van der Waals surface area contributed by atoms with Crippen molar-refractivity contribution in [2.75, 3.05) is 16.4 Å². The van der Waals surface area contributed by atoms with Crippen molar-refractivity contribution in [1.82, 2.24) is 14.8 Å². The second-order valence-electron chi connectivity index (χ2n) is 6.86. The van der Waals surface area contributed by atoms with Crippen LogP contribution in [-0.2, 0) is 4.79 Å². The van der Waals surface area contributed by atoms with Crippen LogP contribution in [0.2, 0.25) is 0 Å². The van der Waals surface area contributed by atoms with Crippen molar-refractivity contribution in [2.45, 2.75) is 38.4 Å². The fraction of sp³-hybridized carbons (Fsp3) is 0.286. The maximum absolute atomic E-state index is 13.4. The lowest BCUT2D eigenvalue weighted by Gasteiger charge is -2.27. The van der Waals surface area contributed by atoms with Crippen molar-refractivity contribution in [3.8, 4) is 0 Å². The Labute approximate surface area is 178 Å². The molecular formula is C21H23N5OS2. The number of allylic oxidation sites excluding steroid dienone is 1. The summed E-state index contributed by atoms with van der Waals surface area (Å²) < 4.78 is 1.84. The quantitative estimate of drug-likeness (QED) is 0.539. The van der Waals surface area contributed by atoms with Gasteiger partial charge in [-0.2, -0.15) is 4.98 Å². The molecule has 150 valence electrons. The number of fused-ring (bicyclic) bond motifs is 1. The van der Waals surface area contributed by atoms with E-state index in [1.165, 1.54) is 0 Å². The SMILES string of the molecule is CCCSc1nc2n(n1)C(c1cccs1)C(C(=O)Nc1ccccc1C)=C(C)N2. The standard InChI is InChI=1S/C21H23N5OS2/c1-4-11-29-21-24-20-22-14(3)17(18(26(20)25-21)16-10-7-12-28-16)19(27)23-15-9-6-5-8-13(15)2/h5-10,12,18H,4,11H2,1-3H3,(H,23,27)(H,22,24,25). The molecule has 3 aromatic rings. The zero-order chi connectivity index (χ0) is 20.4. The van der Waals surface area contributed by atoms with E-state index >= 15 is 0 Å². The van der Waals surface area contributed by atoms with Crippen LogP contribution in [-0.4, -0.2) is 26.4 Å². The number of rotatable bonds is 6. The highest BCUT2D eigenvalue weighted by molar-refractivity contribution is 7.99. The molecule has 1 amide bonds. The number of amides is 1. The number of thioether (sulfide) groups is 1. The van der Waals surface area contributed by atoms with Crippen molar-refractivity contribution in [2.24, 2.45) is 0 Å². The smallest absolute Gasteiger partial charge is 0.255 e. The van der Waals surface area contributed by atoms with Gasteiger partial charge in [0, 0.05) is 22.0 Å². The van der Waals surface area contributed by atoms with Gasteiger partial charge in [-0.3, -0.25) is 4.79 Å². The van der Waals surface area contributed by atoms with Crippen LogP contribution in [0.1, 0.15) is 36.8 Å². The second kappa shape index (κ2) is 8.42. The lowest BCUT2D eigenvalue weighted by molar-refractivity contribution is -0.113. The normalized spacial score (nSPS) is 15.8. The van der Waals surface area contributed by atoms with Gasteiger partial charge < -0.3 is 10.6 Å². The van der Waals surface area contributed by atoms with Crippen LogP contribution < -0.4 is 10.6 Å². The number of nitrogens with one attached hydrogen (secondary N) is 2. The summed E-state index contributed by atoms with van der Waals surface area (Å²) in [6, 6.07) is 11.5. The fourth-order valence-electron chi connectivity index (χ4n) is 3.29. The molecule has 3 heterocycles. The summed E-state index contributed by atoms with van der Waals surface area (Å²) >= 11 is 3.25. The summed E-state index contributed by atoms with van der Waals surface area (Å²) in [5, 5.41) is 13.8. The lowest BCUT2D eigenvalue weighted by Crippen LogP contribution is -2.31. The van der Waals surface area contributed by atoms with Crippen molar-refractivity contribution < 1.29 is 4.79 Å². The Morgan fingerprint density at radius 1 is 1.28 bits per heavy atom. The Morgan fingerprint density at radius 3 is 2.83 bits per heavy atom. The topological polar surface area (TPSA) is 71.8 Å². The number of para-hydroxylation sites is 1. The molecule has 2 aromatic heterocycles. The van der Waals surface area contributed by atoms with Crippen molar-refractivity contribution in [3.63, 3.8) is 0 Å². The molecule has 0 saturated carbocycles. The Morgan fingerprint density at radius 2 is 2.10 bits per heavy atom. The van der Waals surface area contributed by atoms with Gasteiger partial charge in [-0.05, 0) is 43.3 Å². The zero-order valence-corrected chi connectivity index (χ0v) is 18.2. The number of benzene rings is 1. The molecule has 1 atom stereocenters. The summed E-state index contributed by atoms with van der Waals surface area (Å²) in [6.07, 6.45) is 1.05. The molecule has 0 bridgehead atoms. The van der Waals surface area contributed by atoms with Crippen LogP contribution in [0, 0.1) is 6.92 Å². The molecule has 0 saturated heterocycles. The van der Waals surface area contributed by atoms with Crippen LogP contribution in [0.4, 0.5) is 11.6 Å². The Hall–Kier alpha value is -2.58. The summed E-state index contributed by atoms with van der Waals surface area (Å²) in [7, 11) is 0. The number of carbonyl (C=O) groups is 1. The van der Waals surface area contributed by atoms with Gasteiger partial charge >= 0.3 is 0 Å². The minimum atomic E-state index is -0.307. The predicted molar refractivity (Wildman–Crippen MR) is 120 cm³/mol. The van der Waals surface area contributed by atoms with E-state index < -0.39 is 0 Å². The third-order valence-electron chi connectivity index (χ3n) is 4.72. The van der Waals surface area contributed by atoms with Gasteiger partial charge in [0.25, 0.3) is 5.91 Å². The number of anilines is 2. The number of hydrogen-bond donors (Lipinski definition) is 2. The van der Waals surface area contributed by atoms with Gasteiger partial charge in [0.15, 0.2) is 0 Å². The average Bonchev–Trinajstić information content (AvgIpc) is 3.36. The fourth-order valence-corrected chi connectivity index (χ4v) is 4.79. The molecule has 1 unspecified atom stereocenters. The maximum Gasteiger partial charge on any atom is 0.255 e. The third-order valence-corrected chi connectivity index (χ3v) is 6.69. The number of hydrogen-bond acceptors (Lipinski definition) is 6. The monoisotopic (exact) mass is 425 g/mol. The van der Waals surface area contributed by atoms with Crippen LogP contribution >= 0.6 is 23.1 Å². The molecule has 29 heavy (non-hydrogen) atoms. The van der Waals surface area contributed by atoms with E-state index in [0.29, 0.717) is 11.5 Å². The average molecular weight is 426 g/mol. The molecule has 8 heteroatoms. The van der Waals surface area contributed by atoms with E-state index in [1.807, 2.05) is 60.3 Å². The first-order valence-electron chi connectivity index (χ1n) is 9.56. The Bertz CT molecular complexity index is 1050. The van der Waals surface area contributed by atoms with E-state index in [0.717, 1.165) is 39.2 Å². The highest BCUT2D eigenvalue weighted by Crippen LogP contribution is 2.38.